The van der Waals surface area contributed by atoms with Gasteiger partial charge >= 0.3 is 0 Å². The monoisotopic (exact) mass is 342 g/mol. The second kappa shape index (κ2) is 5.99. The molecule has 0 fully saturated rings. The first-order valence-corrected chi connectivity index (χ1v) is 6.95. The SMILES string of the molecule is CNC(c1cc(C)ccn1)c1ccc(Br)c(Cl)c1F. The minimum atomic E-state index is -0.432. The zero-order chi connectivity index (χ0) is 14.0. The van der Waals surface area contributed by atoms with E-state index in [-0.39, 0.29) is 11.1 Å². The Balaban J connectivity index is 2.51. The van der Waals surface area contributed by atoms with Crippen LogP contribution in [0.5, 0.6) is 0 Å². The average molecular weight is 344 g/mol. The third-order valence-electron chi connectivity index (χ3n) is 2.90. The third kappa shape index (κ3) is 2.96. The van der Waals surface area contributed by atoms with Gasteiger partial charge < -0.3 is 5.32 Å². The Bertz CT molecular complexity index is 604. The Labute approximate surface area is 125 Å². The molecule has 0 bridgehead atoms. The first-order valence-electron chi connectivity index (χ1n) is 5.77. The summed E-state index contributed by atoms with van der Waals surface area (Å²) in [5.74, 6) is -0.432. The van der Waals surface area contributed by atoms with Crippen LogP contribution in [0.4, 0.5) is 4.39 Å². The van der Waals surface area contributed by atoms with E-state index in [0.717, 1.165) is 11.3 Å². The minimum absolute atomic E-state index is 0.0883. The molecule has 5 heteroatoms. The zero-order valence-corrected chi connectivity index (χ0v) is 12.9. The van der Waals surface area contributed by atoms with Crippen molar-refractivity contribution >= 4 is 27.5 Å². The summed E-state index contributed by atoms with van der Waals surface area (Å²) in [5.41, 5.74) is 2.32. The van der Waals surface area contributed by atoms with E-state index in [9.17, 15) is 4.39 Å². The number of hydrogen-bond acceptors (Lipinski definition) is 2. The summed E-state index contributed by atoms with van der Waals surface area (Å²) >= 11 is 9.14. The molecule has 0 spiro atoms. The van der Waals surface area contributed by atoms with Gasteiger partial charge in [-0.3, -0.25) is 4.98 Å². The van der Waals surface area contributed by atoms with Crippen LogP contribution in [0.3, 0.4) is 0 Å². The van der Waals surface area contributed by atoms with Gasteiger partial charge in [-0.05, 0) is 53.7 Å². The van der Waals surface area contributed by atoms with Crippen molar-refractivity contribution in [1.29, 1.82) is 0 Å². The molecule has 1 heterocycles. The van der Waals surface area contributed by atoms with Gasteiger partial charge in [0, 0.05) is 16.2 Å². The molecule has 0 aliphatic heterocycles. The van der Waals surface area contributed by atoms with Crippen LogP contribution in [-0.2, 0) is 0 Å². The fourth-order valence-electron chi connectivity index (χ4n) is 1.94. The molecular weight excluding hydrogens is 331 g/mol. The van der Waals surface area contributed by atoms with Crippen LogP contribution >= 0.6 is 27.5 Å². The van der Waals surface area contributed by atoms with E-state index in [2.05, 4.69) is 26.2 Å². The Morgan fingerprint density at radius 3 is 2.74 bits per heavy atom. The van der Waals surface area contributed by atoms with E-state index in [1.807, 2.05) is 19.1 Å². The molecule has 2 aromatic rings. The standard InChI is InChI=1S/C14H13BrClFN2/c1-8-5-6-19-11(7-8)14(18-2)9-3-4-10(15)12(16)13(9)17/h3-7,14,18H,1-2H3. The molecule has 0 radical (unpaired) electrons. The molecule has 1 aromatic carbocycles. The van der Waals surface area contributed by atoms with E-state index in [1.165, 1.54) is 0 Å². The largest absolute Gasteiger partial charge is 0.308 e. The number of hydrogen-bond donors (Lipinski definition) is 1. The summed E-state index contributed by atoms with van der Waals surface area (Å²) in [5, 5.41) is 3.16. The summed E-state index contributed by atoms with van der Waals surface area (Å²) in [6, 6.07) is 6.94. The second-order valence-electron chi connectivity index (χ2n) is 4.24. The summed E-state index contributed by atoms with van der Waals surface area (Å²) < 4.78 is 14.8. The highest BCUT2D eigenvalue weighted by atomic mass is 79.9. The number of nitrogens with zero attached hydrogens (tertiary/aromatic N) is 1. The third-order valence-corrected chi connectivity index (χ3v) is 4.16. The van der Waals surface area contributed by atoms with Gasteiger partial charge in [-0.2, -0.15) is 0 Å². The van der Waals surface area contributed by atoms with E-state index in [0.29, 0.717) is 10.0 Å². The van der Waals surface area contributed by atoms with Gasteiger partial charge in [0.1, 0.15) is 5.82 Å². The van der Waals surface area contributed by atoms with Crippen molar-refractivity contribution in [3.8, 4) is 0 Å². The number of aromatic nitrogens is 1. The molecule has 0 aliphatic carbocycles. The molecular formula is C14H13BrClFN2. The topological polar surface area (TPSA) is 24.9 Å². The number of nitrogens with one attached hydrogen (secondary N) is 1. The van der Waals surface area contributed by atoms with Crippen LogP contribution in [0.1, 0.15) is 22.9 Å². The average Bonchev–Trinajstić information content (AvgIpc) is 2.40. The summed E-state index contributed by atoms with van der Waals surface area (Å²) in [4.78, 5) is 4.30. The van der Waals surface area contributed by atoms with Gasteiger partial charge in [0.15, 0.2) is 0 Å². The van der Waals surface area contributed by atoms with Gasteiger partial charge in [-0.25, -0.2) is 4.39 Å². The molecule has 0 aliphatic rings. The molecule has 0 amide bonds. The Kier molecular flexibility index (Phi) is 4.55. The van der Waals surface area contributed by atoms with Crippen LogP contribution in [0, 0.1) is 12.7 Å². The van der Waals surface area contributed by atoms with Gasteiger partial charge in [0.25, 0.3) is 0 Å². The van der Waals surface area contributed by atoms with Crippen molar-refractivity contribution in [1.82, 2.24) is 10.3 Å². The number of benzene rings is 1. The number of rotatable bonds is 3. The van der Waals surface area contributed by atoms with Crippen LogP contribution in [0.2, 0.25) is 5.02 Å². The second-order valence-corrected chi connectivity index (χ2v) is 5.48. The quantitative estimate of drug-likeness (QED) is 0.843. The van der Waals surface area contributed by atoms with Gasteiger partial charge in [0.2, 0.25) is 0 Å². The Morgan fingerprint density at radius 1 is 1.37 bits per heavy atom. The number of aryl methyl sites for hydroxylation is 1. The van der Waals surface area contributed by atoms with Crippen LogP contribution in [0.25, 0.3) is 0 Å². The smallest absolute Gasteiger partial charge is 0.148 e. The minimum Gasteiger partial charge on any atom is -0.308 e. The highest BCUT2D eigenvalue weighted by Crippen LogP contribution is 2.32. The maximum atomic E-state index is 14.3. The van der Waals surface area contributed by atoms with Crippen molar-refractivity contribution in [2.45, 2.75) is 13.0 Å². The first-order chi connectivity index (χ1) is 9.04. The molecule has 1 N–H and O–H groups in total. The fraction of sp³-hybridized carbons (Fsp3) is 0.214. The highest BCUT2D eigenvalue weighted by Gasteiger charge is 2.20. The van der Waals surface area contributed by atoms with E-state index < -0.39 is 5.82 Å². The van der Waals surface area contributed by atoms with Gasteiger partial charge in [-0.1, -0.05) is 17.7 Å². The predicted octanol–water partition coefficient (Wildman–Crippen LogP) is 4.25. The molecule has 19 heavy (non-hydrogen) atoms. The molecule has 100 valence electrons. The molecule has 2 nitrogen and oxygen atoms in total. The van der Waals surface area contributed by atoms with Crippen LogP contribution in [-0.4, -0.2) is 12.0 Å². The molecule has 0 saturated carbocycles. The number of pyridine rings is 1. The maximum absolute atomic E-state index is 14.3. The fourth-order valence-corrected chi connectivity index (χ4v) is 2.42. The molecule has 0 saturated heterocycles. The van der Waals surface area contributed by atoms with Crippen molar-refractivity contribution in [3.05, 3.63) is 62.6 Å². The van der Waals surface area contributed by atoms with Crippen LogP contribution in [0.15, 0.2) is 34.9 Å². The van der Waals surface area contributed by atoms with Gasteiger partial charge in [-0.15, -0.1) is 0 Å². The lowest BCUT2D eigenvalue weighted by Gasteiger charge is -2.18. The Hall–Kier alpha value is -0.970. The zero-order valence-electron chi connectivity index (χ0n) is 10.5. The lowest BCUT2D eigenvalue weighted by atomic mass is 10.0. The molecule has 2 rings (SSSR count). The lowest BCUT2D eigenvalue weighted by Crippen LogP contribution is -2.20. The normalized spacial score (nSPS) is 12.5. The molecule has 1 atom stereocenters. The first kappa shape index (κ1) is 14.4. The van der Waals surface area contributed by atoms with E-state index in [1.54, 1.807) is 25.4 Å². The summed E-state index contributed by atoms with van der Waals surface area (Å²) in [6.07, 6.45) is 1.72. The molecule has 1 unspecified atom stereocenters. The van der Waals surface area contributed by atoms with Crippen LogP contribution < -0.4 is 5.32 Å². The van der Waals surface area contributed by atoms with Gasteiger partial charge in [0.05, 0.1) is 16.8 Å². The van der Waals surface area contributed by atoms with Crippen molar-refractivity contribution in [3.63, 3.8) is 0 Å². The maximum Gasteiger partial charge on any atom is 0.148 e. The van der Waals surface area contributed by atoms with E-state index >= 15 is 0 Å². The highest BCUT2D eigenvalue weighted by molar-refractivity contribution is 9.10. The predicted molar refractivity (Wildman–Crippen MR) is 79.0 cm³/mol. The van der Waals surface area contributed by atoms with Crippen molar-refractivity contribution in [2.75, 3.05) is 7.05 Å². The van der Waals surface area contributed by atoms with Crippen molar-refractivity contribution in [2.24, 2.45) is 0 Å². The van der Waals surface area contributed by atoms with E-state index in [4.69, 9.17) is 11.6 Å². The van der Waals surface area contributed by atoms with Crippen molar-refractivity contribution < 1.29 is 4.39 Å². The molecule has 1 aromatic heterocycles. The summed E-state index contributed by atoms with van der Waals surface area (Å²) in [6.45, 7) is 1.98. The number of halogens is 3. The summed E-state index contributed by atoms with van der Waals surface area (Å²) in [7, 11) is 1.77. The lowest BCUT2D eigenvalue weighted by molar-refractivity contribution is 0.570. The Morgan fingerprint density at radius 2 is 2.11 bits per heavy atom.